The molecule has 0 atom stereocenters. The topological polar surface area (TPSA) is 29.5 Å². The third kappa shape index (κ3) is 2.67. The zero-order chi connectivity index (χ0) is 8.04. The van der Waals surface area contributed by atoms with Gasteiger partial charge in [0.1, 0.15) is 5.60 Å². The SMILES string of the molecule is CC.CCCC1(O)COC1. The Balaban J connectivity index is 0.000000371. The molecule has 10 heavy (non-hydrogen) atoms. The summed E-state index contributed by atoms with van der Waals surface area (Å²) in [6, 6.07) is 0. The number of rotatable bonds is 2. The van der Waals surface area contributed by atoms with Gasteiger partial charge in [-0.1, -0.05) is 27.2 Å². The average molecular weight is 146 g/mol. The minimum absolute atomic E-state index is 0.450. The second-order valence-electron chi connectivity index (χ2n) is 2.47. The predicted octanol–water partition coefficient (Wildman–Crippen LogP) is 1.57. The van der Waals surface area contributed by atoms with Gasteiger partial charge in [0.05, 0.1) is 13.2 Å². The van der Waals surface area contributed by atoms with Crippen LogP contribution in [0, 0.1) is 0 Å². The van der Waals surface area contributed by atoms with Crippen LogP contribution >= 0.6 is 0 Å². The van der Waals surface area contributed by atoms with Gasteiger partial charge in [-0.05, 0) is 6.42 Å². The van der Waals surface area contributed by atoms with Crippen LogP contribution in [0.25, 0.3) is 0 Å². The van der Waals surface area contributed by atoms with Crippen molar-refractivity contribution in [3.05, 3.63) is 0 Å². The molecule has 2 nitrogen and oxygen atoms in total. The first-order valence-electron chi connectivity index (χ1n) is 4.07. The number of ether oxygens (including phenoxy) is 1. The second kappa shape index (κ2) is 4.69. The molecule has 0 aromatic heterocycles. The molecule has 0 saturated carbocycles. The molecule has 1 fully saturated rings. The van der Waals surface area contributed by atoms with Gasteiger partial charge < -0.3 is 9.84 Å². The molecule has 1 rings (SSSR count). The maximum Gasteiger partial charge on any atom is 0.111 e. The van der Waals surface area contributed by atoms with Gasteiger partial charge in [-0.15, -0.1) is 0 Å². The van der Waals surface area contributed by atoms with Crippen LogP contribution in [0.4, 0.5) is 0 Å². The van der Waals surface area contributed by atoms with Crippen LogP contribution in [-0.2, 0) is 4.74 Å². The van der Waals surface area contributed by atoms with Crippen LogP contribution in [0.2, 0.25) is 0 Å². The molecule has 2 heteroatoms. The van der Waals surface area contributed by atoms with Gasteiger partial charge in [0.15, 0.2) is 0 Å². The van der Waals surface area contributed by atoms with Crippen LogP contribution in [-0.4, -0.2) is 23.9 Å². The monoisotopic (exact) mass is 146 g/mol. The standard InChI is InChI=1S/C6H12O2.C2H6/c1-2-3-6(7)4-8-5-6;1-2/h7H,2-5H2,1H3;1-2H3. The molecule has 1 aliphatic heterocycles. The maximum atomic E-state index is 9.28. The molecule has 1 saturated heterocycles. The van der Waals surface area contributed by atoms with Crippen molar-refractivity contribution in [1.82, 2.24) is 0 Å². The fourth-order valence-electron chi connectivity index (χ4n) is 0.947. The molecule has 1 N–H and O–H groups in total. The van der Waals surface area contributed by atoms with E-state index in [0.29, 0.717) is 13.2 Å². The largest absolute Gasteiger partial charge is 0.385 e. The lowest BCUT2D eigenvalue weighted by molar-refractivity contribution is -0.181. The highest BCUT2D eigenvalue weighted by molar-refractivity contribution is 4.83. The minimum atomic E-state index is -0.450. The summed E-state index contributed by atoms with van der Waals surface area (Å²) >= 11 is 0. The Labute approximate surface area is 63.2 Å². The van der Waals surface area contributed by atoms with Crippen LogP contribution in [0.3, 0.4) is 0 Å². The minimum Gasteiger partial charge on any atom is -0.385 e. The van der Waals surface area contributed by atoms with Crippen molar-refractivity contribution in [2.24, 2.45) is 0 Å². The Hall–Kier alpha value is -0.0800. The Kier molecular flexibility index (Phi) is 4.65. The Morgan fingerprint density at radius 1 is 1.40 bits per heavy atom. The lowest BCUT2D eigenvalue weighted by atomic mass is 9.97. The molecule has 0 radical (unpaired) electrons. The number of hydrogen-bond donors (Lipinski definition) is 1. The predicted molar refractivity (Wildman–Crippen MR) is 42.0 cm³/mol. The molecule has 0 spiro atoms. The highest BCUT2D eigenvalue weighted by Gasteiger charge is 2.34. The van der Waals surface area contributed by atoms with Crippen molar-refractivity contribution >= 4 is 0 Å². The van der Waals surface area contributed by atoms with Gasteiger partial charge in [-0.3, -0.25) is 0 Å². The summed E-state index contributed by atoms with van der Waals surface area (Å²) in [6.45, 7) is 7.15. The Morgan fingerprint density at radius 2 is 1.90 bits per heavy atom. The smallest absolute Gasteiger partial charge is 0.111 e. The van der Waals surface area contributed by atoms with Crippen molar-refractivity contribution in [1.29, 1.82) is 0 Å². The Morgan fingerprint density at radius 3 is 2.00 bits per heavy atom. The van der Waals surface area contributed by atoms with Crippen molar-refractivity contribution in [3.63, 3.8) is 0 Å². The van der Waals surface area contributed by atoms with Gasteiger partial charge in [0.2, 0.25) is 0 Å². The molecule has 1 aliphatic rings. The molecule has 62 valence electrons. The Bertz CT molecular complexity index is 77.3. The van der Waals surface area contributed by atoms with E-state index < -0.39 is 5.60 Å². The molecule has 0 aromatic rings. The molecule has 0 aliphatic carbocycles. The van der Waals surface area contributed by atoms with E-state index in [4.69, 9.17) is 4.74 Å². The third-order valence-electron chi connectivity index (χ3n) is 1.46. The summed E-state index contributed by atoms with van der Waals surface area (Å²) in [7, 11) is 0. The van der Waals surface area contributed by atoms with E-state index in [1.807, 2.05) is 13.8 Å². The van der Waals surface area contributed by atoms with E-state index in [0.717, 1.165) is 12.8 Å². The fourth-order valence-corrected chi connectivity index (χ4v) is 0.947. The maximum absolute atomic E-state index is 9.28. The molecule has 0 bridgehead atoms. The van der Waals surface area contributed by atoms with E-state index in [9.17, 15) is 5.11 Å². The highest BCUT2D eigenvalue weighted by atomic mass is 16.5. The molecular formula is C8H18O2. The van der Waals surface area contributed by atoms with Gasteiger partial charge in [-0.25, -0.2) is 0 Å². The highest BCUT2D eigenvalue weighted by Crippen LogP contribution is 2.21. The number of aliphatic hydroxyl groups is 1. The molecular weight excluding hydrogens is 128 g/mol. The van der Waals surface area contributed by atoms with Gasteiger partial charge in [0.25, 0.3) is 0 Å². The zero-order valence-corrected chi connectivity index (χ0v) is 7.18. The van der Waals surface area contributed by atoms with Crippen LogP contribution < -0.4 is 0 Å². The zero-order valence-electron chi connectivity index (χ0n) is 7.18. The quantitative estimate of drug-likeness (QED) is 0.640. The molecule has 0 unspecified atom stereocenters. The van der Waals surface area contributed by atoms with Crippen LogP contribution in [0.15, 0.2) is 0 Å². The summed E-state index contributed by atoms with van der Waals surface area (Å²) in [5.41, 5.74) is -0.450. The second-order valence-corrected chi connectivity index (χ2v) is 2.47. The summed E-state index contributed by atoms with van der Waals surface area (Å²) < 4.78 is 4.84. The fraction of sp³-hybridized carbons (Fsp3) is 1.00. The van der Waals surface area contributed by atoms with Crippen molar-refractivity contribution in [2.45, 2.75) is 39.2 Å². The summed E-state index contributed by atoms with van der Waals surface area (Å²) in [6.07, 6.45) is 1.92. The summed E-state index contributed by atoms with van der Waals surface area (Å²) in [5, 5.41) is 9.28. The normalized spacial score (nSPS) is 20.4. The average Bonchev–Trinajstić information content (AvgIpc) is 1.90. The van der Waals surface area contributed by atoms with E-state index in [2.05, 4.69) is 6.92 Å². The summed E-state index contributed by atoms with van der Waals surface area (Å²) in [4.78, 5) is 0. The third-order valence-corrected chi connectivity index (χ3v) is 1.46. The van der Waals surface area contributed by atoms with Crippen molar-refractivity contribution < 1.29 is 9.84 Å². The lowest BCUT2D eigenvalue weighted by Gasteiger charge is -2.35. The van der Waals surface area contributed by atoms with Gasteiger partial charge in [0, 0.05) is 0 Å². The van der Waals surface area contributed by atoms with Crippen molar-refractivity contribution in [3.8, 4) is 0 Å². The van der Waals surface area contributed by atoms with E-state index >= 15 is 0 Å². The van der Waals surface area contributed by atoms with E-state index in [1.165, 1.54) is 0 Å². The van der Waals surface area contributed by atoms with Gasteiger partial charge in [-0.2, -0.15) is 0 Å². The van der Waals surface area contributed by atoms with Crippen molar-refractivity contribution in [2.75, 3.05) is 13.2 Å². The molecule has 1 heterocycles. The van der Waals surface area contributed by atoms with Crippen LogP contribution in [0.5, 0.6) is 0 Å². The molecule has 0 aromatic carbocycles. The summed E-state index contributed by atoms with van der Waals surface area (Å²) in [5.74, 6) is 0. The first-order chi connectivity index (χ1) is 4.77. The molecule has 0 amide bonds. The first-order valence-corrected chi connectivity index (χ1v) is 4.07. The number of hydrogen-bond acceptors (Lipinski definition) is 2. The van der Waals surface area contributed by atoms with Crippen LogP contribution in [0.1, 0.15) is 33.6 Å². The van der Waals surface area contributed by atoms with E-state index in [1.54, 1.807) is 0 Å². The lowest BCUT2D eigenvalue weighted by Crippen LogP contribution is -2.49. The van der Waals surface area contributed by atoms with Gasteiger partial charge >= 0.3 is 0 Å². The first kappa shape index (κ1) is 9.92. The van der Waals surface area contributed by atoms with E-state index in [-0.39, 0.29) is 0 Å².